The van der Waals surface area contributed by atoms with Gasteiger partial charge in [0.15, 0.2) is 0 Å². The van der Waals surface area contributed by atoms with Gasteiger partial charge in [0, 0.05) is 18.3 Å². The lowest BCUT2D eigenvalue weighted by Crippen LogP contribution is -2.36. The first-order valence-corrected chi connectivity index (χ1v) is 8.13. The van der Waals surface area contributed by atoms with Crippen molar-refractivity contribution < 1.29 is 13.2 Å². The Labute approximate surface area is 118 Å². The predicted molar refractivity (Wildman–Crippen MR) is 75.1 cm³/mol. The summed E-state index contributed by atoms with van der Waals surface area (Å²) >= 11 is 0. The van der Waals surface area contributed by atoms with E-state index in [-0.39, 0.29) is 22.8 Å². The van der Waals surface area contributed by atoms with Gasteiger partial charge in [0.05, 0.1) is 10.8 Å². The first kappa shape index (κ1) is 13.5. The fraction of sp³-hybridized carbons (Fsp3) is 0.462. The lowest BCUT2D eigenvalue weighted by atomic mass is 10.0. The van der Waals surface area contributed by atoms with Crippen LogP contribution in [-0.2, 0) is 14.8 Å². The molecule has 3 N–H and O–H groups in total. The van der Waals surface area contributed by atoms with Crippen molar-refractivity contribution in [2.45, 2.75) is 30.2 Å². The molecule has 108 valence electrons. The summed E-state index contributed by atoms with van der Waals surface area (Å²) < 4.78 is 27.4. The third-order valence-corrected chi connectivity index (χ3v) is 5.35. The molecule has 2 aliphatic heterocycles. The number of hydrogen-bond acceptors (Lipinski definition) is 4. The van der Waals surface area contributed by atoms with Crippen LogP contribution in [0.2, 0.25) is 0 Å². The van der Waals surface area contributed by atoms with E-state index in [1.807, 2.05) is 0 Å². The zero-order chi connectivity index (χ0) is 14.3. The van der Waals surface area contributed by atoms with E-state index in [1.54, 1.807) is 19.1 Å². The molecule has 0 radical (unpaired) electrons. The zero-order valence-electron chi connectivity index (χ0n) is 11.1. The van der Waals surface area contributed by atoms with E-state index in [2.05, 4.69) is 15.4 Å². The zero-order valence-corrected chi connectivity index (χ0v) is 12.0. The van der Waals surface area contributed by atoms with E-state index in [1.165, 1.54) is 6.07 Å². The molecule has 1 fully saturated rings. The van der Waals surface area contributed by atoms with Gasteiger partial charge in [-0.2, -0.15) is 0 Å². The topological polar surface area (TPSA) is 87.3 Å². The number of rotatable bonds is 3. The summed E-state index contributed by atoms with van der Waals surface area (Å²) in [6.45, 7) is 3.25. The quantitative estimate of drug-likeness (QED) is 0.752. The molecule has 0 aromatic heterocycles. The average Bonchev–Trinajstić information content (AvgIpc) is 2.98. The molecule has 0 saturated carbocycles. The predicted octanol–water partition coefficient (Wildman–Crippen LogP) is 0.382. The number of nitrogens with one attached hydrogen (secondary N) is 3. The maximum absolute atomic E-state index is 12.3. The molecule has 2 atom stereocenters. The molecule has 0 aliphatic carbocycles. The van der Waals surface area contributed by atoms with Crippen LogP contribution in [0.15, 0.2) is 23.1 Å². The largest absolute Gasteiger partial charge is 0.325 e. The number of hydrogen-bond donors (Lipinski definition) is 3. The van der Waals surface area contributed by atoms with Crippen LogP contribution in [0.5, 0.6) is 0 Å². The summed E-state index contributed by atoms with van der Waals surface area (Å²) in [4.78, 5) is 11.8. The van der Waals surface area contributed by atoms with Crippen LogP contribution in [0.3, 0.4) is 0 Å². The van der Waals surface area contributed by atoms with E-state index in [4.69, 9.17) is 0 Å². The van der Waals surface area contributed by atoms with E-state index >= 15 is 0 Å². The fourth-order valence-electron chi connectivity index (χ4n) is 2.60. The van der Waals surface area contributed by atoms with Crippen LogP contribution in [-0.4, -0.2) is 33.5 Å². The molecule has 2 aliphatic rings. The van der Waals surface area contributed by atoms with E-state index in [0.29, 0.717) is 12.2 Å². The van der Waals surface area contributed by atoms with Crippen LogP contribution in [0.25, 0.3) is 0 Å². The normalized spacial score (nSPS) is 25.6. The van der Waals surface area contributed by atoms with Crippen molar-refractivity contribution in [1.82, 2.24) is 10.0 Å². The van der Waals surface area contributed by atoms with Gasteiger partial charge in [0.2, 0.25) is 15.9 Å². The molecule has 1 amide bonds. The third-order valence-electron chi connectivity index (χ3n) is 3.83. The number of carbonyl (C=O) groups excluding carboxylic acids is 1. The van der Waals surface area contributed by atoms with Crippen LogP contribution in [0.4, 0.5) is 5.69 Å². The molecular formula is C13H17N3O3S. The lowest BCUT2D eigenvalue weighted by molar-refractivity contribution is -0.116. The first-order chi connectivity index (χ1) is 9.47. The van der Waals surface area contributed by atoms with Gasteiger partial charge in [-0.15, -0.1) is 0 Å². The maximum Gasteiger partial charge on any atom is 0.240 e. The highest BCUT2D eigenvalue weighted by Gasteiger charge is 2.29. The number of fused-ring (bicyclic) bond motifs is 1. The van der Waals surface area contributed by atoms with Gasteiger partial charge in [-0.1, -0.05) is 0 Å². The number of sulfonamides is 1. The molecule has 20 heavy (non-hydrogen) atoms. The second-order valence-corrected chi connectivity index (χ2v) is 6.98. The van der Waals surface area contributed by atoms with Crippen molar-refractivity contribution in [2.75, 3.05) is 18.4 Å². The Hall–Kier alpha value is -1.44. The highest BCUT2D eigenvalue weighted by Crippen LogP contribution is 2.33. The number of carbonyl (C=O) groups is 1. The van der Waals surface area contributed by atoms with Crippen molar-refractivity contribution >= 4 is 21.6 Å². The smallest absolute Gasteiger partial charge is 0.240 e. The van der Waals surface area contributed by atoms with E-state index in [0.717, 1.165) is 18.5 Å². The van der Waals surface area contributed by atoms with E-state index in [9.17, 15) is 13.2 Å². The Morgan fingerprint density at radius 2 is 2.15 bits per heavy atom. The van der Waals surface area contributed by atoms with Crippen molar-refractivity contribution in [2.24, 2.45) is 0 Å². The van der Waals surface area contributed by atoms with E-state index < -0.39 is 10.0 Å². The molecule has 0 spiro atoms. The monoisotopic (exact) mass is 295 g/mol. The second-order valence-electron chi connectivity index (χ2n) is 5.27. The summed E-state index contributed by atoms with van der Waals surface area (Å²) in [7, 11) is -3.54. The summed E-state index contributed by atoms with van der Waals surface area (Å²) in [5, 5.41) is 5.85. The summed E-state index contributed by atoms with van der Waals surface area (Å²) in [6, 6.07) is 4.70. The van der Waals surface area contributed by atoms with Crippen molar-refractivity contribution in [3.8, 4) is 0 Å². The van der Waals surface area contributed by atoms with Crippen LogP contribution in [0, 0.1) is 0 Å². The average molecular weight is 295 g/mol. The molecule has 1 aromatic rings. The van der Waals surface area contributed by atoms with Crippen molar-refractivity contribution in [3.05, 3.63) is 23.8 Å². The molecule has 3 rings (SSSR count). The molecule has 1 saturated heterocycles. The molecular weight excluding hydrogens is 278 g/mol. The highest BCUT2D eigenvalue weighted by molar-refractivity contribution is 7.89. The molecule has 1 aromatic carbocycles. The van der Waals surface area contributed by atoms with Crippen LogP contribution in [0.1, 0.15) is 24.8 Å². The van der Waals surface area contributed by atoms with Gasteiger partial charge in [-0.25, -0.2) is 13.1 Å². The summed E-state index contributed by atoms with van der Waals surface area (Å²) in [5.41, 5.74) is 1.44. The van der Waals surface area contributed by atoms with Crippen molar-refractivity contribution in [1.29, 1.82) is 0 Å². The minimum Gasteiger partial charge on any atom is -0.325 e. The Balaban J connectivity index is 1.89. The molecule has 2 heterocycles. The number of anilines is 1. The summed E-state index contributed by atoms with van der Waals surface area (Å²) in [5.74, 6) is -0.407. The second kappa shape index (κ2) is 4.83. The fourth-order valence-corrected chi connectivity index (χ4v) is 3.91. The maximum atomic E-state index is 12.3. The summed E-state index contributed by atoms with van der Waals surface area (Å²) in [6.07, 6.45) is 0.792. The van der Waals surface area contributed by atoms with Gasteiger partial charge in [0.25, 0.3) is 0 Å². The number of benzene rings is 1. The first-order valence-electron chi connectivity index (χ1n) is 6.65. The minimum absolute atomic E-state index is 0.0644. The van der Waals surface area contributed by atoms with Gasteiger partial charge in [0.1, 0.15) is 0 Å². The van der Waals surface area contributed by atoms with Crippen LogP contribution < -0.4 is 15.4 Å². The molecule has 0 bridgehead atoms. The Kier molecular flexibility index (Phi) is 3.27. The molecule has 6 nitrogen and oxygen atoms in total. The Morgan fingerprint density at radius 3 is 2.85 bits per heavy atom. The molecule has 1 unspecified atom stereocenters. The molecule has 7 heteroatoms. The number of amides is 1. The van der Waals surface area contributed by atoms with Crippen LogP contribution >= 0.6 is 0 Å². The minimum atomic E-state index is -3.54. The van der Waals surface area contributed by atoms with Gasteiger partial charge < -0.3 is 10.6 Å². The SMILES string of the molecule is CC1C(=O)Nc2ccc(S(=O)(=O)N[C@H]3CCNC3)cc21. The van der Waals surface area contributed by atoms with Gasteiger partial charge in [-0.05, 0) is 43.7 Å². The standard InChI is InChI=1S/C13H17N3O3S/c1-8-11-6-10(2-3-12(11)15-13(8)17)20(18,19)16-9-4-5-14-7-9/h2-3,6,8-9,14,16H,4-5,7H2,1H3,(H,15,17)/t8?,9-/m0/s1. The Bertz CT molecular complexity index is 651. The Morgan fingerprint density at radius 1 is 1.35 bits per heavy atom. The van der Waals surface area contributed by atoms with Crippen molar-refractivity contribution in [3.63, 3.8) is 0 Å². The van der Waals surface area contributed by atoms with Gasteiger partial charge >= 0.3 is 0 Å². The third kappa shape index (κ3) is 2.32. The van der Waals surface area contributed by atoms with Gasteiger partial charge in [-0.3, -0.25) is 4.79 Å². The highest BCUT2D eigenvalue weighted by atomic mass is 32.2. The lowest BCUT2D eigenvalue weighted by Gasteiger charge is -2.13.